The molecule has 7 heteroatoms. The van der Waals surface area contributed by atoms with Gasteiger partial charge in [0.15, 0.2) is 0 Å². The molecule has 0 atom stereocenters. The highest BCUT2D eigenvalue weighted by Crippen LogP contribution is 2.58. The molecule has 2 bridgehead atoms. The van der Waals surface area contributed by atoms with Gasteiger partial charge in [0.25, 0.3) is 0 Å². The summed E-state index contributed by atoms with van der Waals surface area (Å²) in [7, 11) is 0. The zero-order valence-electron chi connectivity index (χ0n) is 19.8. The summed E-state index contributed by atoms with van der Waals surface area (Å²) in [5.41, 5.74) is 3.44. The van der Waals surface area contributed by atoms with Gasteiger partial charge < -0.3 is 14.6 Å². The Morgan fingerprint density at radius 1 is 1.06 bits per heavy atom. The zero-order chi connectivity index (χ0) is 24.2. The topological polar surface area (TPSA) is 75.4 Å². The first-order valence-corrected chi connectivity index (χ1v) is 12.6. The first-order valence-electron chi connectivity index (χ1n) is 12.6. The van der Waals surface area contributed by atoms with E-state index in [0.29, 0.717) is 45.3 Å². The molecule has 3 saturated carbocycles. The van der Waals surface area contributed by atoms with Crippen LogP contribution >= 0.6 is 0 Å². The smallest absolute Gasteiger partial charge is 0.309 e. The van der Waals surface area contributed by atoms with E-state index >= 15 is 0 Å². The number of aromatic nitrogens is 2. The minimum Gasteiger partial charge on any atom is -0.481 e. The van der Waals surface area contributed by atoms with Crippen molar-refractivity contribution in [2.45, 2.75) is 64.5 Å². The predicted octanol–water partition coefficient (Wildman–Crippen LogP) is 4.92. The van der Waals surface area contributed by atoms with Crippen LogP contribution in [0.2, 0.25) is 0 Å². The van der Waals surface area contributed by atoms with E-state index in [1.807, 2.05) is 17.0 Å². The Balaban J connectivity index is 1.25. The fourth-order valence-electron chi connectivity index (χ4n) is 6.74. The number of nitrogens with zero attached hydrogens (tertiary/aromatic N) is 3. The van der Waals surface area contributed by atoms with Gasteiger partial charge in [0, 0.05) is 36.8 Å². The van der Waals surface area contributed by atoms with Crippen molar-refractivity contribution in [3.63, 3.8) is 0 Å². The van der Waals surface area contributed by atoms with Crippen LogP contribution in [-0.4, -0.2) is 38.0 Å². The molecule has 0 spiro atoms. The summed E-state index contributed by atoms with van der Waals surface area (Å²) in [5, 5.41) is 10.8. The lowest BCUT2D eigenvalue weighted by molar-refractivity contribution is -0.160. The van der Waals surface area contributed by atoms with Crippen molar-refractivity contribution >= 4 is 22.9 Å². The monoisotopic (exact) mass is 475 g/mol. The highest BCUT2D eigenvalue weighted by molar-refractivity contribution is 5.84. The number of carbonyl (C=O) groups is 2. The Kier molecular flexibility index (Phi) is 5.20. The summed E-state index contributed by atoms with van der Waals surface area (Å²) in [6.45, 7) is 1.70. The number of carboxylic acid groups (broad SMARTS) is 1. The first-order chi connectivity index (χ1) is 16.9. The maximum absolute atomic E-state index is 13.9. The number of hydrogen-bond acceptors (Lipinski definition) is 3. The van der Waals surface area contributed by atoms with Crippen LogP contribution in [0.5, 0.6) is 0 Å². The molecule has 3 aromatic rings. The highest BCUT2D eigenvalue weighted by atomic mass is 19.1. The molecule has 6 nitrogen and oxygen atoms in total. The SMILES string of the molecule is O=C(CC12CCC(C(=O)O)(CC1)CC2)N1CCc2c(n(Cc3cccc(F)c3)c3ncccc23)C1. The second-order valence-corrected chi connectivity index (χ2v) is 10.8. The van der Waals surface area contributed by atoms with Crippen LogP contribution in [0.25, 0.3) is 11.0 Å². The molecule has 0 unspecified atom stereocenters. The van der Waals surface area contributed by atoms with E-state index in [1.165, 1.54) is 11.6 Å². The number of carboxylic acids is 1. The standard InChI is InChI=1S/C28H30FN3O3/c29-20-4-1-3-19(15-20)17-32-23-18-31(14-6-21(23)22-5-2-13-30-25(22)32)24(33)16-27-7-10-28(11-8-27,12-9-27)26(34)35/h1-5,13,15H,6-12,14,16-18H2,(H,34,35). The van der Waals surface area contributed by atoms with Crippen molar-refractivity contribution in [3.05, 3.63) is 65.2 Å². The molecule has 1 N–H and O–H groups in total. The summed E-state index contributed by atoms with van der Waals surface area (Å²) in [5.74, 6) is -0.764. The zero-order valence-corrected chi connectivity index (χ0v) is 19.8. The fraction of sp³-hybridized carbons (Fsp3) is 0.464. The molecule has 7 rings (SSSR count). The largest absolute Gasteiger partial charge is 0.481 e. The molecule has 1 aliphatic heterocycles. The van der Waals surface area contributed by atoms with Crippen molar-refractivity contribution in [1.29, 1.82) is 0 Å². The molecule has 4 aliphatic rings. The second-order valence-electron chi connectivity index (χ2n) is 10.8. The minimum absolute atomic E-state index is 0.0512. The van der Waals surface area contributed by atoms with Gasteiger partial charge in [0.2, 0.25) is 5.91 Å². The Labute approximate surface area is 203 Å². The Morgan fingerprint density at radius 2 is 1.83 bits per heavy atom. The lowest BCUT2D eigenvalue weighted by Gasteiger charge is -2.51. The maximum atomic E-state index is 13.9. The summed E-state index contributed by atoms with van der Waals surface area (Å²) in [6.07, 6.45) is 7.60. The third kappa shape index (κ3) is 3.72. The molecule has 1 amide bonds. The van der Waals surface area contributed by atoms with Crippen LogP contribution in [0.15, 0.2) is 42.6 Å². The van der Waals surface area contributed by atoms with Gasteiger partial charge in [-0.3, -0.25) is 9.59 Å². The maximum Gasteiger partial charge on any atom is 0.309 e. The normalized spacial score (nSPS) is 25.6. The number of rotatable bonds is 5. The molecule has 35 heavy (non-hydrogen) atoms. The lowest BCUT2D eigenvalue weighted by atomic mass is 9.53. The van der Waals surface area contributed by atoms with Gasteiger partial charge in [-0.05, 0) is 85.8 Å². The van der Waals surface area contributed by atoms with Crippen molar-refractivity contribution in [2.75, 3.05) is 6.54 Å². The molecular formula is C28H30FN3O3. The molecule has 0 radical (unpaired) electrons. The van der Waals surface area contributed by atoms with Gasteiger partial charge in [0.05, 0.1) is 12.0 Å². The fourth-order valence-corrected chi connectivity index (χ4v) is 6.74. The number of carbonyl (C=O) groups excluding carboxylic acids is 1. The summed E-state index contributed by atoms with van der Waals surface area (Å²) < 4.78 is 16.0. The number of amides is 1. The molecule has 182 valence electrons. The van der Waals surface area contributed by atoms with Gasteiger partial charge in [-0.1, -0.05) is 12.1 Å². The number of hydrogen-bond donors (Lipinski definition) is 1. The number of halogens is 1. The van der Waals surface area contributed by atoms with Crippen molar-refractivity contribution in [1.82, 2.24) is 14.5 Å². The van der Waals surface area contributed by atoms with Crippen molar-refractivity contribution in [2.24, 2.45) is 10.8 Å². The molecule has 3 aliphatic carbocycles. The molecule has 0 saturated heterocycles. The Morgan fingerprint density at radius 3 is 2.54 bits per heavy atom. The molecule has 2 aromatic heterocycles. The van der Waals surface area contributed by atoms with Crippen LogP contribution in [0.3, 0.4) is 0 Å². The number of benzene rings is 1. The van der Waals surface area contributed by atoms with Crippen molar-refractivity contribution < 1.29 is 19.1 Å². The van der Waals surface area contributed by atoms with E-state index in [4.69, 9.17) is 0 Å². The average Bonchev–Trinajstić information content (AvgIpc) is 3.18. The third-order valence-corrected chi connectivity index (χ3v) is 8.98. The molecule has 1 aromatic carbocycles. The number of aliphatic carboxylic acids is 1. The number of pyridine rings is 1. The van der Waals surface area contributed by atoms with Crippen LogP contribution < -0.4 is 0 Å². The van der Waals surface area contributed by atoms with E-state index in [-0.39, 0.29) is 17.1 Å². The highest BCUT2D eigenvalue weighted by Gasteiger charge is 2.53. The van der Waals surface area contributed by atoms with Gasteiger partial charge in [-0.15, -0.1) is 0 Å². The lowest BCUT2D eigenvalue weighted by Crippen LogP contribution is -2.48. The van der Waals surface area contributed by atoms with Gasteiger partial charge in [-0.2, -0.15) is 0 Å². The molecular weight excluding hydrogens is 445 g/mol. The van der Waals surface area contributed by atoms with E-state index in [1.54, 1.807) is 18.3 Å². The van der Waals surface area contributed by atoms with E-state index < -0.39 is 11.4 Å². The van der Waals surface area contributed by atoms with Crippen LogP contribution in [-0.2, 0) is 29.1 Å². The summed E-state index contributed by atoms with van der Waals surface area (Å²) in [4.78, 5) is 31.9. The Bertz CT molecular complexity index is 1310. The van der Waals surface area contributed by atoms with Gasteiger partial charge in [-0.25, -0.2) is 9.37 Å². The van der Waals surface area contributed by atoms with E-state index in [9.17, 15) is 19.1 Å². The first kappa shape index (κ1) is 22.3. The predicted molar refractivity (Wildman–Crippen MR) is 129 cm³/mol. The van der Waals surface area contributed by atoms with Gasteiger partial charge in [0.1, 0.15) is 11.5 Å². The number of fused-ring (bicyclic) bond motifs is 6. The molecule has 3 fully saturated rings. The van der Waals surface area contributed by atoms with Crippen LogP contribution in [0.4, 0.5) is 4.39 Å². The quantitative estimate of drug-likeness (QED) is 0.568. The average molecular weight is 476 g/mol. The van der Waals surface area contributed by atoms with Crippen LogP contribution in [0.1, 0.15) is 61.8 Å². The van der Waals surface area contributed by atoms with E-state index in [0.717, 1.165) is 48.0 Å². The molecule has 3 heterocycles. The van der Waals surface area contributed by atoms with Gasteiger partial charge >= 0.3 is 5.97 Å². The second kappa shape index (κ2) is 8.18. The van der Waals surface area contributed by atoms with Crippen molar-refractivity contribution in [3.8, 4) is 0 Å². The van der Waals surface area contributed by atoms with Crippen LogP contribution in [0, 0.1) is 16.6 Å². The van der Waals surface area contributed by atoms with E-state index in [2.05, 4.69) is 15.6 Å². The third-order valence-electron chi connectivity index (χ3n) is 8.98. The Hall–Kier alpha value is -3.22. The summed E-state index contributed by atoms with van der Waals surface area (Å²) in [6, 6.07) is 10.7. The minimum atomic E-state index is -0.666. The summed E-state index contributed by atoms with van der Waals surface area (Å²) >= 11 is 0.